The van der Waals surface area contributed by atoms with Crippen LogP contribution in [0.1, 0.15) is 43.6 Å². The van der Waals surface area contributed by atoms with Gasteiger partial charge in [-0.15, -0.1) is 6.58 Å². The third-order valence-electron chi connectivity index (χ3n) is 5.00. The van der Waals surface area contributed by atoms with Crippen LogP contribution in [0.4, 0.5) is 0 Å². The molecular weight excluding hydrogens is 312 g/mol. The van der Waals surface area contributed by atoms with Crippen molar-refractivity contribution < 1.29 is 0 Å². The molecule has 0 aliphatic carbocycles. The molecule has 0 aromatic carbocycles. The van der Waals surface area contributed by atoms with Gasteiger partial charge in [0, 0.05) is 57.6 Å². The highest BCUT2D eigenvalue weighted by molar-refractivity contribution is 5.80. The van der Waals surface area contributed by atoms with Gasteiger partial charge in [-0.1, -0.05) is 19.9 Å². The van der Waals surface area contributed by atoms with Crippen molar-refractivity contribution in [2.75, 3.05) is 26.7 Å². The Hall–Kier alpha value is -1.82. The molecule has 1 aromatic heterocycles. The molecule has 2 heterocycles. The van der Waals surface area contributed by atoms with Gasteiger partial charge in [0.1, 0.15) is 0 Å². The first-order valence-electron chi connectivity index (χ1n) is 9.46. The molecule has 1 aliphatic rings. The first-order chi connectivity index (χ1) is 12.1. The summed E-state index contributed by atoms with van der Waals surface area (Å²) in [5, 5.41) is 11.7. The molecule has 0 saturated carbocycles. The minimum atomic E-state index is 0.484. The fourth-order valence-electron chi connectivity index (χ4n) is 3.60. The summed E-state index contributed by atoms with van der Waals surface area (Å²) in [5.74, 6) is 0.884. The summed E-state index contributed by atoms with van der Waals surface area (Å²) in [6.45, 7) is 12.2. The Bertz CT molecular complexity index is 581. The zero-order chi connectivity index (χ0) is 18.2. The number of hydrogen-bond acceptors (Lipinski definition) is 3. The number of piperidine rings is 1. The standard InChI is InChI=1S/C19H34N6/c1-6-11-25-12-9-15(10-13-25)22-19(20-4)21-14-16-17(7-2)23-24(5)18(16)8-3/h6,15H,1,7-14H2,2-5H3,(H2,20,21,22). The van der Waals surface area contributed by atoms with Crippen LogP contribution in [0.15, 0.2) is 17.6 Å². The Balaban J connectivity index is 1.90. The molecule has 1 aliphatic heterocycles. The predicted molar refractivity (Wildman–Crippen MR) is 105 cm³/mol. The molecule has 2 N–H and O–H groups in total. The minimum absolute atomic E-state index is 0.484. The molecule has 0 atom stereocenters. The molecule has 0 amide bonds. The molecule has 140 valence electrons. The van der Waals surface area contributed by atoms with E-state index in [2.05, 4.69) is 46.1 Å². The number of nitrogens with one attached hydrogen (secondary N) is 2. The van der Waals surface area contributed by atoms with Gasteiger partial charge in [-0.05, 0) is 25.7 Å². The molecule has 0 bridgehead atoms. The molecular formula is C19H34N6. The molecule has 25 heavy (non-hydrogen) atoms. The van der Waals surface area contributed by atoms with Gasteiger partial charge in [0.25, 0.3) is 0 Å². The second kappa shape index (κ2) is 9.61. The van der Waals surface area contributed by atoms with E-state index in [-0.39, 0.29) is 0 Å². The smallest absolute Gasteiger partial charge is 0.191 e. The van der Waals surface area contributed by atoms with Crippen molar-refractivity contribution in [1.29, 1.82) is 0 Å². The average molecular weight is 347 g/mol. The van der Waals surface area contributed by atoms with Crippen LogP contribution in [-0.4, -0.2) is 53.4 Å². The van der Waals surface area contributed by atoms with Crippen LogP contribution in [0.25, 0.3) is 0 Å². The maximum atomic E-state index is 4.65. The Labute approximate surface area is 152 Å². The molecule has 2 rings (SSSR count). The van der Waals surface area contributed by atoms with E-state index in [0.717, 1.165) is 57.8 Å². The first-order valence-corrected chi connectivity index (χ1v) is 9.46. The van der Waals surface area contributed by atoms with Crippen molar-refractivity contribution in [2.24, 2.45) is 12.0 Å². The van der Waals surface area contributed by atoms with Gasteiger partial charge in [-0.2, -0.15) is 5.10 Å². The van der Waals surface area contributed by atoms with Crippen molar-refractivity contribution in [2.45, 2.75) is 52.1 Å². The molecule has 6 nitrogen and oxygen atoms in total. The number of likely N-dealkylation sites (tertiary alicyclic amines) is 1. The summed E-state index contributed by atoms with van der Waals surface area (Å²) in [5.41, 5.74) is 3.80. The van der Waals surface area contributed by atoms with Gasteiger partial charge in [-0.25, -0.2) is 0 Å². The summed E-state index contributed by atoms with van der Waals surface area (Å²) >= 11 is 0. The van der Waals surface area contributed by atoms with Crippen molar-refractivity contribution in [1.82, 2.24) is 25.3 Å². The number of aliphatic imine (C=N–C) groups is 1. The fraction of sp³-hybridized carbons (Fsp3) is 0.684. The highest BCUT2D eigenvalue weighted by atomic mass is 15.3. The van der Waals surface area contributed by atoms with Gasteiger partial charge >= 0.3 is 0 Å². The third kappa shape index (κ3) is 5.08. The Morgan fingerprint density at radius 1 is 1.32 bits per heavy atom. The highest BCUT2D eigenvalue weighted by Crippen LogP contribution is 2.15. The quantitative estimate of drug-likeness (QED) is 0.449. The van der Waals surface area contributed by atoms with E-state index < -0.39 is 0 Å². The number of nitrogens with zero attached hydrogens (tertiary/aromatic N) is 4. The highest BCUT2D eigenvalue weighted by Gasteiger charge is 2.19. The van der Waals surface area contributed by atoms with Gasteiger partial charge in [0.15, 0.2) is 5.96 Å². The largest absolute Gasteiger partial charge is 0.354 e. The number of rotatable bonds is 7. The predicted octanol–water partition coefficient (Wildman–Crippen LogP) is 1.86. The van der Waals surface area contributed by atoms with Gasteiger partial charge in [0.2, 0.25) is 0 Å². The summed E-state index contributed by atoms with van der Waals surface area (Å²) < 4.78 is 2.02. The van der Waals surface area contributed by atoms with E-state index in [9.17, 15) is 0 Å². The lowest BCUT2D eigenvalue weighted by molar-refractivity contribution is 0.225. The normalized spacial score (nSPS) is 16.9. The molecule has 1 fully saturated rings. The lowest BCUT2D eigenvalue weighted by Crippen LogP contribution is -2.48. The molecule has 1 saturated heterocycles. The van der Waals surface area contributed by atoms with Crippen LogP contribution < -0.4 is 10.6 Å². The van der Waals surface area contributed by atoms with Crippen LogP contribution in [0.2, 0.25) is 0 Å². The number of aromatic nitrogens is 2. The number of guanidine groups is 1. The number of hydrogen-bond donors (Lipinski definition) is 2. The Kier molecular flexibility index (Phi) is 7.50. The van der Waals surface area contributed by atoms with Crippen molar-refractivity contribution >= 4 is 5.96 Å². The fourth-order valence-corrected chi connectivity index (χ4v) is 3.60. The molecule has 0 spiro atoms. The van der Waals surface area contributed by atoms with E-state index >= 15 is 0 Å². The zero-order valence-corrected chi connectivity index (χ0v) is 16.3. The van der Waals surface area contributed by atoms with Crippen LogP contribution in [-0.2, 0) is 26.4 Å². The second-order valence-corrected chi connectivity index (χ2v) is 6.64. The maximum absolute atomic E-state index is 4.65. The monoisotopic (exact) mass is 346 g/mol. The van der Waals surface area contributed by atoms with Crippen LogP contribution in [0, 0.1) is 0 Å². The average Bonchev–Trinajstić information content (AvgIpc) is 2.94. The maximum Gasteiger partial charge on any atom is 0.191 e. The molecule has 0 radical (unpaired) electrons. The minimum Gasteiger partial charge on any atom is -0.354 e. The second-order valence-electron chi connectivity index (χ2n) is 6.64. The third-order valence-corrected chi connectivity index (χ3v) is 5.00. The summed E-state index contributed by atoms with van der Waals surface area (Å²) in [6, 6.07) is 0.484. The van der Waals surface area contributed by atoms with Crippen molar-refractivity contribution in [3.63, 3.8) is 0 Å². The molecule has 1 aromatic rings. The van der Waals surface area contributed by atoms with E-state index in [0.29, 0.717) is 6.04 Å². The van der Waals surface area contributed by atoms with Crippen LogP contribution in [0.3, 0.4) is 0 Å². The summed E-state index contributed by atoms with van der Waals surface area (Å²) in [7, 11) is 3.87. The topological polar surface area (TPSA) is 57.5 Å². The first kappa shape index (κ1) is 19.5. The van der Waals surface area contributed by atoms with Gasteiger partial charge in [-0.3, -0.25) is 14.6 Å². The van der Waals surface area contributed by atoms with Gasteiger partial charge < -0.3 is 10.6 Å². The Morgan fingerprint density at radius 2 is 2.04 bits per heavy atom. The lowest BCUT2D eigenvalue weighted by Gasteiger charge is -2.32. The summed E-state index contributed by atoms with van der Waals surface area (Å²) in [6.07, 6.45) is 6.22. The van der Waals surface area contributed by atoms with Crippen LogP contribution >= 0.6 is 0 Å². The van der Waals surface area contributed by atoms with E-state index in [1.165, 1.54) is 17.0 Å². The van der Waals surface area contributed by atoms with Crippen molar-refractivity contribution in [3.05, 3.63) is 29.6 Å². The van der Waals surface area contributed by atoms with E-state index in [1.54, 1.807) is 0 Å². The summed E-state index contributed by atoms with van der Waals surface area (Å²) in [4.78, 5) is 6.85. The lowest BCUT2D eigenvalue weighted by atomic mass is 10.1. The van der Waals surface area contributed by atoms with Crippen molar-refractivity contribution in [3.8, 4) is 0 Å². The number of aryl methyl sites for hydroxylation is 2. The van der Waals surface area contributed by atoms with Gasteiger partial charge in [0.05, 0.1) is 5.69 Å². The molecule has 6 heteroatoms. The van der Waals surface area contributed by atoms with E-state index in [1.807, 2.05) is 24.9 Å². The SMILES string of the molecule is C=CCN1CCC(NC(=NC)NCc2c(CC)nn(C)c2CC)CC1. The zero-order valence-electron chi connectivity index (χ0n) is 16.3. The van der Waals surface area contributed by atoms with Crippen LogP contribution in [0.5, 0.6) is 0 Å². The van der Waals surface area contributed by atoms with E-state index in [4.69, 9.17) is 0 Å². The Morgan fingerprint density at radius 3 is 2.60 bits per heavy atom. The molecule has 0 unspecified atom stereocenters.